The van der Waals surface area contributed by atoms with Crippen molar-refractivity contribution < 1.29 is 0 Å². The van der Waals surface area contributed by atoms with Gasteiger partial charge in [0.25, 0.3) is 0 Å². The minimum atomic E-state index is 0.0897. The lowest BCUT2D eigenvalue weighted by atomic mass is 10.1. The fraction of sp³-hybridized carbons (Fsp3) is 0.333. The molecule has 15 heavy (non-hydrogen) atoms. The lowest BCUT2D eigenvalue weighted by Crippen LogP contribution is -2.08. The van der Waals surface area contributed by atoms with Crippen molar-refractivity contribution in [2.75, 3.05) is 0 Å². The molecule has 1 aliphatic carbocycles. The second kappa shape index (κ2) is 3.74. The van der Waals surface area contributed by atoms with Crippen LogP contribution in [0.15, 0.2) is 22.9 Å². The molecule has 2 N–H and O–H groups in total. The van der Waals surface area contributed by atoms with E-state index in [0.717, 1.165) is 0 Å². The normalized spacial score (nSPS) is 16.6. The molecule has 3 heteroatoms. The maximum atomic E-state index is 6.24. The van der Waals surface area contributed by atoms with Crippen molar-refractivity contribution in [3.05, 3.63) is 43.8 Å². The van der Waals surface area contributed by atoms with E-state index in [2.05, 4.69) is 22.9 Å². The molecular weight excluding hydrogens is 222 g/mol. The van der Waals surface area contributed by atoms with E-state index in [0.29, 0.717) is 0 Å². The van der Waals surface area contributed by atoms with Gasteiger partial charge in [-0.05, 0) is 53.3 Å². The summed E-state index contributed by atoms with van der Waals surface area (Å²) in [7, 11) is 0. The Balaban J connectivity index is 1.93. The van der Waals surface area contributed by atoms with Crippen LogP contribution in [0.1, 0.15) is 33.3 Å². The molecule has 2 heterocycles. The third-order valence-corrected chi connectivity index (χ3v) is 5.00. The van der Waals surface area contributed by atoms with Crippen molar-refractivity contribution in [3.8, 4) is 0 Å². The first-order valence-corrected chi connectivity index (χ1v) is 6.99. The summed E-state index contributed by atoms with van der Waals surface area (Å²) in [5, 5.41) is 4.24. The molecule has 1 nitrogen and oxygen atoms in total. The number of hydrogen-bond donors (Lipinski definition) is 1. The molecule has 0 saturated heterocycles. The van der Waals surface area contributed by atoms with E-state index in [4.69, 9.17) is 5.73 Å². The molecule has 1 aliphatic rings. The van der Waals surface area contributed by atoms with Crippen molar-refractivity contribution in [3.63, 3.8) is 0 Å². The summed E-state index contributed by atoms with van der Waals surface area (Å²) < 4.78 is 0. The van der Waals surface area contributed by atoms with Gasteiger partial charge in [0.2, 0.25) is 0 Å². The number of aryl methyl sites for hydroxylation is 2. The van der Waals surface area contributed by atoms with Gasteiger partial charge in [0.1, 0.15) is 0 Å². The van der Waals surface area contributed by atoms with E-state index >= 15 is 0 Å². The molecule has 0 bridgehead atoms. The quantitative estimate of drug-likeness (QED) is 0.849. The molecule has 0 amide bonds. The van der Waals surface area contributed by atoms with Gasteiger partial charge < -0.3 is 5.73 Å². The summed E-state index contributed by atoms with van der Waals surface area (Å²) >= 11 is 3.63. The van der Waals surface area contributed by atoms with Gasteiger partial charge in [-0.2, -0.15) is 11.3 Å². The van der Waals surface area contributed by atoms with Crippen molar-refractivity contribution >= 4 is 22.7 Å². The van der Waals surface area contributed by atoms with Gasteiger partial charge in [-0.1, -0.05) is 0 Å². The van der Waals surface area contributed by atoms with E-state index < -0.39 is 0 Å². The van der Waals surface area contributed by atoms with E-state index in [9.17, 15) is 0 Å². The molecule has 78 valence electrons. The van der Waals surface area contributed by atoms with Crippen LogP contribution in [0.2, 0.25) is 0 Å². The summed E-state index contributed by atoms with van der Waals surface area (Å²) in [6, 6.07) is 4.53. The maximum Gasteiger partial charge on any atom is 0.0654 e. The van der Waals surface area contributed by atoms with Crippen LogP contribution < -0.4 is 5.73 Å². The third-order valence-electron chi connectivity index (χ3n) is 2.97. The number of hydrogen-bond acceptors (Lipinski definition) is 3. The molecule has 2 aromatic rings. The van der Waals surface area contributed by atoms with Crippen LogP contribution in [0, 0.1) is 0 Å². The Morgan fingerprint density at radius 1 is 1.33 bits per heavy atom. The predicted octanol–water partition coefficient (Wildman–Crippen LogP) is 3.35. The Morgan fingerprint density at radius 2 is 2.27 bits per heavy atom. The average molecular weight is 235 g/mol. The van der Waals surface area contributed by atoms with Crippen LogP contribution in [0.5, 0.6) is 0 Å². The molecule has 0 radical (unpaired) electrons. The first-order valence-electron chi connectivity index (χ1n) is 5.24. The lowest BCUT2D eigenvalue weighted by Gasteiger charge is -2.06. The van der Waals surface area contributed by atoms with Crippen LogP contribution in [-0.2, 0) is 12.8 Å². The van der Waals surface area contributed by atoms with E-state index in [1.54, 1.807) is 21.8 Å². The molecule has 1 unspecified atom stereocenters. The molecule has 0 saturated carbocycles. The number of thiophene rings is 2. The first-order chi connectivity index (χ1) is 7.34. The van der Waals surface area contributed by atoms with E-state index in [1.165, 1.54) is 29.7 Å². The van der Waals surface area contributed by atoms with Crippen LogP contribution >= 0.6 is 22.7 Å². The zero-order chi connectivity index (χ0) is 10.3. The highest BCUT2D eigenvalue weighted by Crippen LogP contribution is 2.35. The molecule has 0 spiro atoms. The Morgan fingerprint density at radius 3 is 3.00 bits per heavy atom. The fourth-order valence-corrected chi connectivity index (χ4v) is 4.11. The zero-order valence-corrected chi connectivity index (χ0v) is 10.0. The average Bonchev–Trinajstić information content (AvgIpc) is 2.92. The highest BCUT2D eigenvalue weighted by molar-refractivity contribution is 7.12. The molecular formula is C12H13NS2. The van der Waals surface area contributed by atoms with Gasteiger partial charge >= 0.3 is 0 Å². The van der Waals surface area contributed by atoms with Gasteiger partial charge in [0.15, 0.2) is 0 Å². The number of rotatable bonds is 2. The molecule has 0 fully saturated rings. The summed E-state index contributed by atoms with van der Waals surface area (Å²) in [4.78, 5) is 2.90. The maximum absolute atomic E-state index is 6.24. The summed E-state index contributed by atoms with van der Waals surface area (Å²) in [6.07, 6.45) is 3.84. The van der Waals surface area contributed by atoms with Crippen LogP contribution in [0.3, 0.4) is 0 Å². The summed E-state index contributed by atoms with van der Waals surface area (Å²) in [5.74, 6) is 0. The van der Waals surface area contributed by atoms with Gasteiger partial charge in [-0.15, -0.1) is 11.3 Å². The van der Waals surface area contributed by atoms with Crippen LogP contribution in [-0.4, -0.2) is 0 Å². The van der Waals surface area contributed by atoms with E-state index in [1.807, 2.05) is 11.3 Å². The first kappa shape index (κ1) is 9.58. The third kappa shape index (κ3) is 1.65. The predicted molar refractivity (Wildman–Crippen MR) is 66.7 cm³/mol. The smallest absolute Gasteiger partial charge is 0.0654 e. The van der Waals surface area contributed by atoms with Crippen molar-refractivity contribution in [1.29, 1.82) is 0 Å². The second-order valence-electron chi connectivity index (χ2n) is 3.99. The topological polar surface area (TPSA) is 26.0 Å². The van der Waals surface area contributed by atoms with Crippen LogP contribution in [0.4, 0.5) is 0 Å². The largest absolute Gasteiger partial charge is 0.320 e. The van der Waals surface area contributed by atoms with Gasteiger partial charge in [0.05, 0.1) is 6.04 Å². The lowest BCUT2D eigenvalue weighted by molar-refractivity contribution is 0.886. The Bertz CT molecular complexity index is 434. The molecule has 0 aromatic carbocycles. The Labute approximate surface area is 97.6 Å². The fourth-order valence-electron chi connectivity index (χ4n) is 2.12. The van der Waals surface area contributed by atoms with Crippen molar-refractivity contribution in [2.45, 2.75) is 25.3 Å². The van der Waals surface area contributed by atoms with Gasteiger partial charge in [-0.3, -0.25) is 0 Å². The van der Waals surface area contributed by atoms with Crippen molar-refractivity contribution in [2.24, 2.45) is 5.73 Å². The monoisotopic (exact) mass is 235 g/mol. The minimum absolute atomic E-state index is 0.0897. The Hall–Kier alpha value is -0.640. The van der Waals surface area contributed by atoms with Crippen LogP contribution in [0.25, 0.3) is 0 Å². The second-order valence-corrected chi connectivity index (χ2v) is 5.93. The highest BCUT2D eigenvalue weighted by Gasteiger charge is 2.18. The van der Waals surface area contributed by atoms with Gasteiger partial charge in [-0.25, -0.2) is 0 Å². The highest BCUT2D eigenvalue weighted by atomic mass is 32.1. The standard InChI is InChI=1S/C12H13NS2/c13-12(9-4-5-14-7-9)11-6-8-2-1-3-10(8)15-11/h4-7,12H,1-3,13H2. The summed E-state index contributed by atoms with van der Waals surface area (Å²) in [6.45, 7) is 0. The number of fused-ring (bicyclic) bond motifs is 1. The molecule has 0 aliphatic heterocycles. The van der Waals surface area contributed by atoms with E-state index in [-0.39, 0.29) is 6.04 Å². The zero-order valence-electron chi connectivity index (χ0n) is 8.40. The van der Waals surface area contributed by atoms with Gasteiger partial charge in [0, 0.05) is 9.75 Å². The SMILES string of the molecule is NC(c1ccsc1)c1cc2c(s1)CCC2. The number of nitrogens with two attached hydrogens (primary N) is 1. The summed E-state index contributed by atoms with van der Waals surface area (Å²) in [5.41, 5.74) is 9.03. The minimum Gasteiger partial charge on any atom is -0.320 e. The molecule has 3 rings (SSSR count). The molecule has 2 aromatic heterocycles. The Kier molecular flexibility index (Phi) is 2.39. The van der Waals surface area contributed by atoms with Crippen molar-refractivity contribution in [1.82, 2.24) is 0 Å². The molecule has 1 atom stereocenters.